The molecule has 0 saturated carbocycles. The highest BCUT2D eigenvalue weighted by atomic mass is 19.1. The number of cyclic esters (lactones) is 1. The molecule has 2 saturated heterocycles. The summed E-state index contributed by atoms with van der Waals surface area (Å²) in [5.74, 6) is -0.342. The minimum Gasteiger partial charge on any atom is -0.465 e. The molecule has 1 N–H and O–H groups in total. The molecule has 7 heteroatoms. The number of hydrogen-bond donors (Lipinski definition) is 1. The van der Waals surface area contributed by atoms with Crippen LogP contribution in [-0.2, 0) is 10.3 Å². The molecule has 118 valence electrons. The van der Waals surface area contributed by atoms with E-state index in [0.29, 0.717) is 39.1 Å². The van der Waals surface area contributed by atoms with Crippen molar-refractivity contribution >= 4 is 12.2 Å². The van der Waals surface area contributed by atoms with E-state index in [-0.39, 0.29) is 5.82 Å². The summed E-state index contributed by atoms with van der Waals surface area (Å²) in [7, 11) is 0. The zero-order chi connectivity index (χ0) is 15.7. The molecule has 1 aromatic rings. The number of carboxylic acid groups (broad SMARTS) is 1. The molecule has 0 bridgehead atoms. The van der Waals surface area contributed by atoms with Crippen LogP contribution in [0, 0.1) is 5.82 Å². The van der Waals surface area contributed by atoms with Gasteiger partial charge in [0, 0.05) is 13.1 Å². The second kappa shape index (κ2) is 5.47. The molecular formula is C15H17FN2O4. The van der Waals surface area contributed by atoms with Crippen molar-refractivity contribution in [2.24, 2.45) is 0 Å². The van der Waals surface area contributed by atoms with Crippen LogP contribution in [0.1, 0.15) is 18.4 Å². The summed E-state index contributed by atoms with van der Waals surface area (Å²) in [6.07, 6.45) is -0.412. The zero-order valence-electron chi connectivity index (χ0n) is 12.0. The number of nitrogens with zero attached hydrogens (tertiary/aromatic N) is 2. The third-order valence-electron chi connectivity index (χ3n) is 4.52. The molecule has 2 fully saturated rings. The average Bonchev–Trinajstić information content (AvgIpc) is 2.94. The molecule has 22 heavy (non-hydrogen) atoms. The van der Waals surface area contributed by atoms with Crippen molar-refractivity contribution in [2.45, 2.75) is 18.4 Å². The van der Waals surface area contributed by atoms with Crippen LogP contribution in [0.5, 0.6) is 0 Å². The van der Waals surface area contributed by atoms with Gasteiger partial charge in [-0.05, 0) is 30.5 Å². The smallest absolute Gasteiger partial charge is 0.410 e. The Kier molecular flexibility index (Phi) is 3.64. The first-order chi connectivity index (χ1) is 10.5. The van der Waals surface area contributed by atoms with Crippen molar-refractivity contribution < 1.29 is 23.8 Å². The van der Waals surface area contributed by atoms with Crippen LogP contribution in [0.2, 0.25) is 0 Å². The molecule has 2 aliphatic heterocycles. The Morgan fingerprint density at radius 1 is 1.18 bits per heavy atom. The summed E-state index contributed by atoms with van der Waals surface area (Å²) < 4.78 is 18.3. The second-order valence-electron chi connectivity index (χ2n) is 5.57. The number of halogens is 1. The number of amides is 2. The predicted molar refractivity (Wildman–Crippen MR) is 75.0 cm³/mol. The summed E-state index contributed by atoms with van der Waals surface area (Å²) in [6.45, 7) is 1.45. The van der Waals surface area contributed by atoms with Gasteiger partial charge in [-0.1, -0.05) is 12.1 Å². The summed E-state index contributed by atoms with van der Waals surface area (Å²) in [4.78, 5) is 26.1. The molecule has 6 nitrogen and oxygen atoms in total. The number of piperidine rings is 1. The lowest BCUT2D eigenvalue weighted by atomic mass is 9.79. The van der Waals surface area contributed by atoms with Gasteiger partial charge in [-0.2, -0.15) is 0 Å². The van der Waals surface area contributed by atoms with Gasteiger partial charge in [0.1, 0.15) is 12.4 Å². The zero-order valence-corrected chi connectivity index (χ0v) is 12.0. The van der Waals surface area contributed by atoms with Crippen LogP contribution in [0.15, 0.2) is 24.3 Å². The summed E-state index contributed by atoms with van der Waals surface area (Å²) in [5.41, 5.74) is 0.186. The second-order valence-corrected chi connectivity index (χ2v) is 5.57. The number of benzene rings is 1. The van der Waals surface area contributed by atoms with Gasteiger partial charge in [0.25, 0.3) is 0 Å². The number of hydrogen-bond acceptors (Lipinski definition) is 3. The van der Waals surface area contributed by atoms with Gasteiger partial charge in [0.2, 0.25) is 0 Å². The maximum absolute atomic E-state index is 13.2. The number of carbonyl (C=O) groups is 2. The fourth-order valence-electron chi connectivity index (χ4n) is 3.32. The first kappa shape index (κ1) is 14.6. The Labute approximate surface area is 127 Å². The average molecular weight is 308 g/mol. The Morgan fingerprint density at radius 2 is 1.82 bits per heavy atom. The van der Waals surface area contributed by atoms with E-state index in [1.807, 2.05) is 0 Å². The SMILES string of the molecule is O=C(O)N1CCC(c2ccc(F)cc2)(N2CCOC2=O)CC1. The summed E-state index contributed by atoms with van der Waals surface area (Å²) >= 11 is 0. The van der Waals surface area contributed by atoms with E-state index in [0.717, 1.165) is 5.56 Å². The molecule has 2 aliphatic rings. The minimum absolute atomic E-state index is 0.324. The van der Waals surface area contributed by atoms with Gasteiger partial charge >= 0.3 is 12.2 Å². The topological polar surface area (TPSA) is 70.1 Å². The van der Waals surface area contributed by atoms with E-state index >= 15 is 0 Å². The van der Waals surface area contributed by atoms with Gasteiger partial charge < -0.3 is 14.7 Å². The molecule has 0 aromatic heterocycles. The highest BCUT2D eigenvalue weighted by Gasteiger charge is 2.46. The van der Waals surface area contributed by atoms with Crippen LogP contribution in [0.4, 0.5) is 14.0 Å². The van der Waals surface area contributed by atoms with Crippen LogP contribution in [0.25, 0.3) is 0 Å². The van der Waals surface area contributed by atoms with Gasteiger partial charge in [-0.25, -0.2) is 14.0 Å². The molecule has 1 aromatic carbocycles. The first-order valence-electron chi connectivity index (χ1n) is 7.21. The van der Waals surface area contributed by atoms with Gasteiger partial charge in [0.15, 0.2) is 0 Å². The Bertz CT molecular complexity index is 582. The lowest BCUT2D eigenvalue weighted by Crippen LogP contribution is -2.54. The maximum Gasteiger partial charge on any atom is 0.410 e. The molecule has 0 atom stereocenters. The Hall–Kier alpha value is -2.31. The molecule has 0 aliphatic carbocycles. The summed E-state index contributed by atoms with van der Waals surface area (Å²) in [6, 6.07) is 6.05. The fourth-order valence-corrected chi connectivity index (χ4v) is 3.32. The predicted octanol–water partition coefficient (Wildman–Crippen LogP) is 2.25. The third-order valence-corrected chi connectivity index (χ3v) is 4.52. The Balaban J connectivity index is 1.94. The van der Waals surface area contributed by atoms with Gasteiger partial charge in [0.05, 0.1) is 12.1 Å². The lowest BCUT2D eigenvalue weighted by molar-refractivity contribution is 0.0490. The molecule has 0 unspecified atom stereocenters. The standard InChI is InChI=1S/C15H17FN2O4/c16-12-3-1-11(2-4-12)15(18-9-10-22-14(18)21)5-7-17(8-6-15)13(19)20/h1-4H,5-10H2,(H,19,20). The van der Waals surface area contributed by atoms with Crippen molar-refractivity contribution in [1.82, 2.24) is 9.80 Å². The maximum atomic E-state index is 13.2. The van der Waals surface area contributed by atoms with Crippen LogP contribution < -0.4 is 0 Å². The number of carbonyl (C=O) groups excluding carboxylic acids is 1. The van der Waals surface area contributed by atoms with E-state index in [4.69, 9.17) is 9.84 Å². The van der Waals surface area contributed by atoms with Crippen molar-refractivity contribution in [2.75, 3.05) is 26.2 Å². The van der Waals surface area contributed by atoms with Crippen LogP contribution in [-0.4, -0.2) is 53.3 Å². The van der Waals surface area contributed by atoms with Gasteiger partial charge in [-0.3, -0.25) is 4.90 Å². The van der Waals surface area contributed by atoms with Gasteiger partial charge in [-0.15, -0.1) is 0 Å². The lowest BCUT2D eigenvalue weighted by Gasteiger charge is -2.46. The monoisotopic (exact) mass is 308 g/mol. The van der Waals surface area contributed by atoms with E-state index in [1.54, 1.807) is 17.0 Å². The minimum atomic E-state index is -0.961. The van der Waals surface area contributed by atoms with E-state index in [9.17, 15) is 14.0 Å². The number of rotatable bonds is 2. The normalized spacial score (nSPS) is 20.9. The van der Waals surface area contributed by atoms with E-state index in [2.05, 4.69) is 0 Å². The summed E-state index contributed by atoms with van der Waals surface area (Å²) in [5, 5.41) is 9.10. The van der Waals surface area contributed by atoms with Crippen LogP contribution >= 0.6 is 0 Å². The third kappa shape index (κ3) is 2.36. The molecule has 2 heterocycles. The van der Waals surface area contributed by atoms with Crippen molar-refractivity contribution in [1.29, 1.82) is 0 Å². The van der Waals surface area contributed by atoms with Crippen molar-refractivity contribution in [3.05, 3.63) is 35.6 Å². The largest absolute Gasteiger partial charge is 0.465 e. The van der Waals surface area contributed by atoms with Crippen LogP contribution in [0.3, 0.4) is 0 Å². The molecule has 0 radical (unpaired) electrons. The molecule has 0 spiro atoms. The van der Waals surface area contributed by atoms with E-state index in [1.165, 1.54) is 17.0 Å². The molecule has 2 amide bonds. The molecule has 3 rings (SSSR count). The van der Waals surface area contributed by atoms with E-state index < -0.39 is 17.7 Å². The fraction of sp³-hybridized carbons (Fsp3) is 0.467. The van der Waals surface area contributed by atoms with Crippen molar-refractivity contribution in [3.8, 4) is 0 Å². The first-order valence-corrected chi connectivity index (χ1v) is 7.21. The number of ether oxygens (including phenoxy) is 1. The molecular weight excluding hydrogens is 291 g/mol. The Morgan fingerprint density at radius 3 is 2.32 bits per heavy atom. The van der Waals surface area contributed by atoms with Crippen molar-refractivity contribution in [3.63, 3.8) is 0 Å². The highest BCUT2D eigenvalue weighted by Crippen LogP contribution is 2.40. The highest BCUT2D eigenvalue weighted by molar-refractivity contribution is 5.71. The number of likely N-dealkylation sites (tertiary alicyclic amines) is 1. The quantitative estimate of drug-likeness (QED) is 0.909.